The quantitative estimate of drug-likeness (QED) is 0.778. The van der Waals surface area contributed by atoms with Gasteiger partial charge in [-0.15, -0.1) is 0 Å². The highest BCUT2D eigenvalue weighted by molar-refractivity contribution is 5.80. The Morgan fingerprint density at radius 3 is 2.47 bits per heavy atom. The third kappa shape index (κ3) is 3.68. The van der Waals surface area contributed by atoms with Crippen LogP contribution in [0.5, 0.6) is 0 Å². The average Bonchev–Trinajstić information content (AvgIpc) is 2.64. The first kappa shape index (κ1) is 14.5. The second-order valence-corrected chi connectivity index (χ2v) is 5.44. The smallest absolute Gasteiger partial charge is 0.227 e. The second-order valence-electron chi connectivity index (χ2n) is 5.44. The molecule has 0 aliphatic heterocycles. The molecule has 100 valence electrons. The molecule has 1 fully saturated rings. The van der Waals surface area contributed by atoms with Crippen molar-refractivity contribution in [1.82, 2.24) is 9.80 Å². The highest BCUT2D eigenvalue weighted by Crippen LogP contribution is 2.26. The number of likely N-dealkylation sites (N-methyl/N-ethyl adjacent to an activating group) is 2. The molecule has 4 nitrogen and oxygen atoms in total. The summed E-state index contributed by atoms with van der Waals surface area (Å²) in [6.45, 7) is 5.84. The van der Waals surface area contributed by atoms with E-state index in [4.69, 9.17) is 5.73 Å². The SMILES string of the molecule is CCN(C(=O)C1CCCC1N)C(C)CN(C)C. The fraction of sp³-hybridized carbons (Fsp3) is 0.923. The van der Waals surface area contributed by atoms with E-state index in [1.54, 1.807) is 0 Å². The summed E-state index contributed by atoms with van der Waals surface area (Å²) in [6, 6.07) is 0.332. The number of amides is 1. The maximum absolute atomic E-state index is 12.4. The van der Waals surface area contributed by atoms with Crippen LogP contribution >= 0.6 is 0 Å². The molecule has 0 aromatic heterocycles. The van der Waals surface area contributed by atoms with E-state index >= 15 is 0 Å². The molecule has 0 bridgehead atoms. The Kier molecular flexibility index (Phi) is 5.40. The van der Waals surface area contributed by atoms with Gasteiger partial charge in [-0.25, -0.2) is 0 Å². The summed E-state index contributed by atoms with van der Waals surface area (Å²) in [6.07, 6.45) is 3.05. The number of nitrogens with two attached hydrogens (primary N) is 1. The maximum atomic E-state index is 12.4. The van der Waals surface area contributed by atoms with Gasteiger partial charge in [0, 0.05) is 25.2 Å². The summed E-state index contributed by atoms with van der Waals surface area (Å²) >= 11 is 0. The number of hydrogen-bond acceptors (Lipinski definition) is 3. The van der Waals surface area contributed by atoms with Crippen molar-refractivity contribution in [2.24, 2.45) is 11.7 Å². The van der Waals surface area contributed by atoms with E-state index < -0.39 is 0 Å². The van der Waals surface area contributed by atoms with Crippen LogP contribution < -0.4 is 5.73 Å². The molecule has 3 atom stereocenters. The van der Waals surface area contributed by atoms with Crippen LogP contribution in [0, 0.1) is 5.92 Å². The van der Waals surface area contributed by atoms with Crippen molar-refractivity contribution in [3.8, 4) is 0 Å². The van der Waals surface area contributed by atoms with Crippen molar-refractivity contribution in [3.63, 3.8) is 0 Å². The predicted molar refractivity (Wildman–Crippen MR) is 70.7 cm³/mol. The molecular formula is C13H27N3O. The molecule has 1 rings (SSSR count). The lowest BCUT2D eigenvalue weighted by Gasteiger charge is -2.33. The summed E-state index contributed by atoms with van der Waals surface area (Å²) in [5.74, 6) is 0.311. The number of rotatable bonds is 5. The molecule has 0 aromatic rings. The Morgan fingerprint density at radius 2 is 2.06 bits per heavy atom. The Hall–Kier alpha value is -0.610. The fourth-order valence-electron chi connectivity index (χ4n) is 2.82. The molecule has 0 heterocycles. The van der Waals surface area contributed by atoms with Crippen LogP contribution in [-0.4, -0.2) is 55.0 Å². The molecule has 4 heteroatoms. The minimum Gasteiger partial charge on any atom is -0.339 e. The Morgan fingerprint density at radius 1 is 1.41 bits per heavy atom. The van der Waals surface area contributed by atoms with Crippen molar-refractivity contribution in [2.45, 2.75) is 45.2 Å². The van der Waals surface area contributed by atoms with E-state index in [0.29, 0.717) is 0 Å². The van der Waals surface area contributed by atoms with Crippen molar-refractivity contribution in [2.75, 3.05) is 27.2 Å². The molecule has 0 radical (unpaired) electrons. The number of carbonyl (C=O) groups is 1. The third-order valence-electron chi connectivity index (χ3n) is 3.67. The normalized spacial score (nSPS) is 26.2. The molecule has 0 aromatic carbocycles. The summed E-state index contributed by atoms with van der Waals surface area (Å²) in [5, 5.41) is 0. The van der Waals surface area contributed by atoms with Crippen LogP contribution in [0.3, 0.4) is 0 Å². The summed E-state index contributed by atoms with van der Waals surface area (Å²) in [7, 11) is 4.08. The molecule has 1 aliphatic carbocycles. The Balaban J connectivity index is 2.62. The minimum atomic E-state index is 0.0552. The standard InChI is InChI=1S/C13H27N3O/c1-5-16(10(2)9-15(3)4)13(17)11-7-6-8-12(11)14/h10-12H,5-9,14H2,1-4H3. The van der Waals surface area contributed by atoms with E-state index in [9.17, 15) is 4.79 Å². The van der Waals surface area contributed by atoms with Crippen molar-refractivity contribution in [3.05, 3.63) is 0 Å². The van der Waals surface area contributed by atoms with E-state index in [2.05, 4.69) is 11.8 Å². The van der Waals surface area contributed by atoms with Gasteiger partial charge in [-0.3, -0.25) is 4.79 Å². The van der Waals surface area contributed by atoms with Gasteiger partial charge in [0.2, 0.25) is 5.91 Å². The van der Waals surface area contributed by atoms with Crippen molar-refractivity contribution in [1.29, 1.82) is 0 Å². The number of carbonyl (C=O) groups excluding carboxylic acids is 1. The zero-order chi connectivity index (χ0) is 13.0. The van der Waals surface area contributed by atoms with Gasteiger partial charge in [-0.05, 0) is 40.8 Å². The zero-order valence-corrected chi connectivity index (χ0v) is 11.6. The predicted octanol–water partition coefficient (Wildman–Crippen LogP) is 0.912. The Labute approximate surface area is 105 Å². The molecule has 1 amide bonds. The van der Waals surface area contributed by atoms with Crippen LogP contribution in [0.15, 0.2) is 0 Å². The maximum Gasteiger partial charge on any atom is 0.227 e. The van der Waals surface area contributed by atoms with Crippen molar-refractivity contribution < 1.29 is 4.79 Å². The molecule has 0 saturated heterocycles. The second kappa shape index (κ2) is 6.36. The number of hydrogen-bond donors (Lipinski definition) is 1. The largest absolute Gasteiger partial charge is 0.339 e. The zero-order valence-electron chi connectivity index (χ0n) is 11.6. The topological polar surface area (TPSA) is 49.6 Å². The Bertz CT molecular complexity index is 255. The van der Waals surface area contributed by atoms with E-state index in [1.807, 2.05) is 25.9 Å². The molecular weight excluding hydrogens is 214 g/mol. The first-order chi connectivity index (χ1) is 7.97. The molecule has 0 spiro atoms. The number of nitrogens with zero attached hydrogens (tertiary/aromatic N) is 2. The van der Waals surface area contributed by atoms with Gasteiger partial charge >= 0.3 is 0 Å². The monoisotopic (exact) mass is 241 g/mol. The van der Waals surface area contributed by atoms with E-state index in [1.165, 1.54) is 0 Å². The lowest BCUT2D eigenvalue weighted by atomic mass is 10.0. The fourth-order valence-corrected chi connectivity index (χ4v) is 2.82. The highest BCUT2D eigenvalue weighted by atomic mass is 16.2. The lowest BCUT2D eigenvalue weighted by Crippen LogP contribution is -2.48. The van der Waals surface area contributed by atoms with Crippen molar-refractivity contribution >= 4 is 5.91 Å². The first-order valence-corrected chi connectivity index (χ1v) is 6.68. The summed E-state index contributed by atoms with van der Waals surface area (Å²) in [4.78, 5) is 16.5. The van der Waals surface area contributed by atoms with Gasteiger partial charge in [-0.2, -0.15) is 0 Å². The lowest BCUT2D eigenvalue weighted by molar-refractivity contribution is -0.137. The minimum absolute atomic E-state index is 0.0552. The van der Waals surface area contributed by atoms with E-state index in [0.717, 1.165) is 32.4 Å². The van der Waals surface area contributed by atoms with Gasteiger partial charge in [0.1, 0.15) is 0 Å². The third-order valence-corrected chi connectivity index (χ3v) is 3.67. The van der Waals surface area contributed by atoms with Crippen LogP contribution in [0.25, 0.3) is 0 Å². The molecule has 3 unspecified atom stereocenters. The average molecular weight is 241 g/mol. The molecule has 1 saturated carbocycles. The van der Waals surface area contributed by atoms with Gasteiger partial charge < -0.3 is 15.5 Å². The van der Waals surface area contributed by atoms with Crippen LogP contribution in [0.1, 0.15) is 33.1 Å². The molecule has 1 aliphatic rings. The summed E-state index contributed by atoms with van der Waals surface area (Å²) < 4.78 is 0. The molecule has 2 N–H and O–H groups in total. The van der Waals surface area contributed by atoms with Gasteiger partial charge in [0.15, 0.2) is 0 Å². The van der Waals surface area contributed by atoms with Crippen LogP contribution in [-0.2, 0) is 4.79 Å². The van der Waals surface area contributed by atoms with Gasteiger partial charge in [-0.1, -0.05) is 6.42 Å². The van der Waals surface area contributed by atoms with Gasteiger partial charge in [0.05, 0.1) is 5.92 Å². The van der Waals surface area contributed by atoms with Crippen LogP contribution in [0.2, 0.25) is 0 Å². The first-order valence-electron chi connectivity index (χ1n) is 6.68. The highest BCUT2D eigenvalue weighted by Gasteiger charge is 2.34. The van der Waals surface area contributed by atoms with Crippen LogP contribution in [0.4, 0.5) is 0 Å². The van der Waals surface area contributed by atoms with E-state index in [-0.39, 0.29) is 23.9 Å². The summed E-state index contributed by atoms with van der Waals surface area (Å²) in [5.41, 5.74) is 6.02. The van der Waals surface area contributed by atoms with Gasteiger partial charge in [0.25, 0.3) is 0 Å². The molecule has 17 heavy (non-hydrogen) atoms.